The maximum atomic E-state index is 7.57. The van der Waals surface area contributed by atoms with Gasteiger partial charge in [0.1, 0.15) is 11.5 Å². The second-order valence-electron chi connectivity index (χ2n) is 2.20. The van der Waals surface area contributed by atoms with E-state index in [-0.39, 0.29) is 6.61 Å². The number of rotatable bonds is 2. The van der Waals surface area contributed by atoms with Crippen LogP contribution in [0.1, 0.15) is 6.92 Å². The summed E-state index contributed by atoms with van der Waals surface area (Å²) in [5, 5.41) is 7.57. The molecular weight excluding hydrogens is 168 g/mol. The molecule has 0 saturated carbocycles. The van der Waals surface area contributed by atoms with Crippen LogP contribution in [0.2, 0.25) is 0 Å². The van der Waals surface area contributed by atoms with E-state index in [0.29, 0.717) is 0 Å². The summed E-state index contributed by atoms with van der Waals surface area (Å²) in [4.78, 5) is 0. The smallest absolute Gasteiger partial charge is 0.119 e. The van der Waals surface area contributed by atoms with Gasteiger partial charge in [0.25, 0.3) is 0 Å². The molecule has 13 heavy (non-hydrogen) atoms. The Balaban J connectivity index is 0.000000424. The highest BCUT2D eigenvalue weighted by Gasteiger charge is 1.89. The van der Waals surface area contributed by atoms with Crippen LogP contribution >= 0.6 is 0 Å². The first-order valence-corrected chi connectivity index (χ1v) is 4.07. The van der Waals surface area contributed by atoms with Crippen molar-refractivity contribution in [1.82, 2.24) is 0 Å². The fourth-order valence-electron chi connectivity index (χ4n) is 0.712. The van der Waals surface area contributed by atoms with E-state index in [2.05, 4.69) is 0 Å². The monoisotopic (exact) mass is 184 g/mol. The van der Waals surface area contributed by atoms with Crippen LogP contribution in [0, 0.1) is 0 Å². The SMILES string of the molecule is CCO.COc1ccc(OC)cc1. The molecule has 0 saturated heterocycles. The number of ether oxygens (including phenoxy) is 2. The van der Waals surface area contributed by atoms with Crippen molar-refractivity contribution in [3.05, 3.63) is 24.3 Å². The number of aliphatic hydroxyl groups excluding tert-OH is 1. The molecular formula is C10H16O3. The topological polar surface area (TPSA) is 38.7 Å². The standard InChI is InChI=1S/C8H10O2.C2H6O/c1-9-7-3-5-8(10-2)6-4-7;1-2-3/h3-6H,1-2H3;3H,2H2,1H3. The molecule has 74 valence electrons. The molecule has 0 atom stereocenters. The highest BCUT2D eigenvalue weighted by Crippen LogP contribution is 2.15. The lowest BCUT2D eigenvalue weighted by molar-refractivity contribution is 0.318. The fraction of sp³-hybridized carbons (Fsp3) is 0.400. The van der Waals surface area contributed by atoms with Crippen molar-refractivity contribution in [3.63, 3.8) is 0 Å². The number of hydrogen-bond acceptors (Lipinski definition) is 3. The van der Waals surface area contributed by atoms with Gasteiger partial charge in [0.05, 0.1) is 14.2 Å². The van der Waals surface area contributed by atoms with Crippen LogP contribution in [-0.4, -0.2) is 25.9 Å². The van der Waals surface area contributed by atoms with Crippen LogP contribution in [0.25, 0.3) is 0 Å². The molecule has 0 unspecified atom stereocenters. The third-order valence-electron chi connectivity index (χ3n) is 1.30. The molecule has 1 N–H and O–H groups in total. The highest BCUT2D eigenvalue weighted by molar-refractivity contribution is 5.30. The molecule has 0 aliphatic heterocycles. The molecule has 0 fully saturated rings. The van der Waals surface area contributed by atoms with Crippen LogP contribution in [0.4, 0.5) is 0 Å². The molecule has 0 radical (unpaired) electrons. The van der Waals surface area contributed by atoms with Gasteiger partial charge in [-0.25, -0.2) is 0 Å². The highest BCUT2D eigenvalue weighted by atomic mass is 16.5. The lowest BCUT2D eigenvalue weighted by Gasteiger charge is -2.00. The Morgan fingerprint density at radius 1 is 1.00 bits per heavy atom. The molecule has 3 nitrogen and oxygen atoms in total. The molecule has 0 aliphatic carbocycles. The predicted octanol–water partition coefficient (Wildman–Crippen LogP) is 1.70. The first-order valence-electron chi connectivity index (χ1n) is 4.07. The first-order chi connectivity index (χ1) is 6.28. The molecule has 1 aromatic carbocycles. The third kappa shape index (κ3) is 5.09. The van der Waals surface area contributed by atoms with E-state index in [9.17, 15) is 0 Å². The second-order valence-corrected chi connectivity index (χ2v) is 2.20. The van der Waals surface area contributed by atoms with Gasteiger partial charge < -0.3 is 14.6 Å². The number of aliphatic hydroxyl groups is 1. The molecule has 3 heteroatoms. The molecule has 1 aromatic rings. The number of hydrogen-bond donors (Lipinski definition) is 1. The van der Waals surface area contributed by atoms with Crippen molar-refractivity contribution < 1.29 is 14.6 Å². The van der Waals surface area contributed by atoms with Crippen molar-refractivity contribution >= 4 is 0 Å². The molecule has 0 aliphatic rings. The zero-order chi connectivity index (χ0) is 10.1. The van der Waals surface area contributed by atoms with E-state index in [1.165, 1.54) is 0 Å². The molecule has 0 aromatic heterocycles. The Kier molecular flexibility index (Phi) is 6.73. The van der Waals surface area contributed by atoms with E-state index < -0.39 is 0 Å². The van der Waals surface area contributed by atoms with Gasteiger partial charge in [0.2, 0.25) is 0 Å². The Morgan fingerprint density at radius 3 is 1.38 bits per heavy atom. The van der Waals surface area contributed by atoms with E-state index in [1.54, 1.807) is 21.1 Å². The minimum absolute atomic E-state index is 0.250. The number of methoxy groups -OCH3 is 2. The van der Waals surface area contributed by atoms with Crippen molar-refractivity contribution in [2.75, 3.05) is 20.8 Å². The Morgan fingerprint density at radius 2 is 1.23 bits per heavy atom. The van der Waals surface area contributed by atoms with Crippen LogP contribution in [0.15, 0.2) is 24.3 Å². The van der Waals surface area contributed by atoms with E-state index >= 15 is 0 Å². The molecule has 0 heterocycles. The van der Waals surface area contributed by atoms with E-state index in [1.807, 2.05) is 24.3 Å². The van der Waals surface area contributed by atoms with Gasteiger partial charge in [0.15, 0.2) is 0 Å². The van der Waals surface area contributed by atoms with Crippen molar-refractivity contribution in [1.29, 1.82) is 0 Å². The maximum Gasteiger partial charge on any atom is 0.119 e. The lowest BCUT2D eigenvalue weighted by atomic mass is 10.3. The fourth-order valence-corrected chi connectivity index (χ4v) is 0.712. The van der Waals surface area contributed by atoms with Crippen LogP contribution in [-0.2, 0) is 0 Å². The summed E-state index contributed by atoms with van der Waals surface area (Å²) >= 11 is 0. The van der Waals surface area contributed by atoms with Gasteiger partial charge in [-0.1, -0.05) is 0 Å². The normalized spacial score (nSPS) is 8.31. The zero-order valence-electron chi connectivity index (χ0n) is 8.28. The minimum atomic E-state index is 0.250. The third-order valence-corrected chi connectivity index (χ3v) is 1.30. The summed E-state index contributed by atoms with van der Waals surface area (Å²) in [5.41, 5.74) is 0. The molecule has 0 bridgehead atoms. The van der Waals surface area contributed by atoms with Crippen LogP contribution in [0.3, 0.4) is 0 Å². The summed E-state index contributed by atoms with van der Waals surface area (Å²) in [6.07, 6.45) is 0. The summed E-state index contributed by atoms with van der Waals surface area (Å²) < 4.78 is 9.92. The number of benzene rings is 1. The quantitative estimate of drug-likeness (QED) is 0.760. The van der Waals surface area contributed by atoms with Gasteiger partial charge in [-0.3, -0.25) is 0 Å². The summed E-state index contributed by atoms with van der Waals surface area (Å²) in [6.45, 7) is 1.93. The van der Waals surface area contributed by atoms with Crippen molar-refractivity contribution in [3.8, 4) is 11.5 Å². The van der Waals surface area contributed by atoms with Crippen LogP contribution < -0.4 is 9.47 Å². The van der Waals surface area contributed by atoms with Gasteiger partial charge in [-0.15, -0.1) is 0 Å². The van der Waals surface area contributed by atoms with E-state index in [4.69, 9.17) is 14.6 Å². The molecule has 0 spiro atoms. The van der Waals surface area contributed by atoms with Gasteiger partial charge in [0, 0.05) is 6.61 Å². The van der Waals surface area contributed by atoms with Gasteiger partial charge in [-0.2, -0.15) is 0 Å². The Bertz CT molecular complexity index is 183. The van der Waals surface area contributed by atoms with Crippen LogP contribution in [0.5, 0.6) is 11.5 Å². The summed E-state index contributed by atoms with van der Waals surface area (Å²) in [5.74, 6) is 1.70. The average molecular weight is 184 g/mol. The summed E-state index contributed by atoms with van der Waals surface area (Å²) in [6, 6.07) is 7.44. The largest absolute Gasteiger partial charge is 0.497 e. The molecule has 0 amide bonds. The Labute approximate surface area is 78.9 Å². The lowest BCUT2D eigenvalue weighted by Crippen LogP contribution is -1.83. The average Bonchev–Trinajstić information content (AvgIpc) is 2.19. The van der Waals surface area contributed by atoms with Gasteiger partial charge >= 0.3 is 0 Å². The van der Waals surface area contributed by atoms with Crippen molar-refractivity contribution in [2.45, 2.75) is 6.92 Å². The van der Waals surface area contributed by atoms with E-state index in [0.717, 1.165) is 11.5 Å². The predicted molar refractivity (Wildman–Crippen MR) is 52.3 cm³/mol. The molecule has 1 rings (SSSR count). The Hall–Kier alpha value is -1.22. The first kappa shape index (κ1) is 11.8. The zero-order valence-corrected chi connectivity index (χ0v) is 8.28. The van der Waals surface area contributed by atoms with Gasteiger partial charge in [-0.05, 0) is 31.2 Å². The summed E-state index contributed by atoms with van der Waals surface area (Å²) in [7, 11) is 3.28. The van der Waals surface area contributed by atoms with Crippen molar-refractivity contribution in [2.24, 2.45) is 0 Å². The second kappa shape index (κ2) is 7.43. The minimum Gasteiger partial charge on any atom is -0.497 e. The maximum absolute atomic E-state index is 7.57.